The maximum Gasteiger partial charge on any atom is 0.257 e. The van der Waals surface area contributed by atoms with Crippen LogP contribution >= 0.6 is 11.8 Å². The van der Waals surface area contributed by atoms with E-state index in [4.69, 9.17) is 14.5 Å². The van der Waals surface area contributed by atoms with Crippen LogP contribution < -0.4 is 4.74 Å². The molecule has 1 aromatic heterocycles. The molecule has 3 heterocycles. The highest BCUT2D eigenvalue weighted by molar-refractivity contribution is 8.01. The number of nitrogens with zero attached hydrogens (tertiary/aromatic N) is 3. The number of hydrogen-bond donors (Lipinski definition) is 0. The van der Waals surface area contributed by atoms with Gasteiger partial charge in [-0.15, -0.1) is 0 Å². The second kappa shape index (κ2) is 9.26. The number of methoxy groups -OCH3 is 1. The van der Waals surface area contributed by atoms with Gasteiger partial charge in [0.2, 0.25) is 0 Å². The number of amides is 1. The Hall–Kier alpha value is -3.34. The Labute approximate surface area is 197 Å². The average molecular weight is 458 g/mol. The second-order valence-corrected chi connectivity index (χ2v) is 9.11. The highest BCUT2D eigenvalue weighted by Gasteiger charge is 2.48. The molecule has 5 rings (SSSR count). The van der Waals surface area contributed by atoms with Crippen LogP contribution in [0.15, 0.2) is 65.7 Å². The van der Waals surface area contributed by atoms with Crippen molar-refractivity contribution in [1.82, 2.24) is 9.88 Å². The highest BCUT2D eigenvalue weighted by Crippen LogP contribution is 2.41. The van der Waals surface area contributed by atoms with Crippen molar-refractivity contribution in [3.63, 3.8) is 0 Å². The molecule has 7 heteroatoms. The van der Waals surface area contributed by atoms with Gasteiger partial charge in [0.05, 0.1) is 24.5 Å². The van der Waals surface area contributed by atoms with E-state index in [0.717, 1.165) is 47.6 Å². The van der Waals surface area contributed by atoms with Crippen LogP contribution in [-0.4, -0.2) is 47.5 Å². The SMILES string of the molecule is COc1ccc(-c2cc(-c3ccccc3)nc(S[C@H]3C(=O)N3CC3CCCO3)c2C#N)cc1. The van der Waals surface area contributed by atoms with Crippen LogP contribution in [0, 0.1) is 11.3 Å². The van der Waals surface area contributed by atoms with Gasteiger partial charge in [-0.1, -0.05) is 54.2 Å². The minimum atomic E-state index is -0.330. The molecule has 1 amide bonds. The lowest BCUT2D eigenvalue weighted by molar-refractivity contribution is -0.114. The summed E-state index contributed by atoms with van der Waals surface area (Å²) in [5.74, 6) is 0.815. The lowest BCUT2D eigenvalue weighted by Crippen LogP contribution is -2.19. The Kier molecular flexibility index (Phi) is 6.03. The van der Waals surface area contributed by atoms with Gasteiger partial charge in [-0.25, -0.2) is 4.98 Å². The number of ether oxygens (including phenoxy) is 2. The number of carbonyl (C=O) groups is 1. The number of benzene rings is 2. The first-order chi connectivity index (χ1) is 16.2. The van der Waals surface area contributed by atoms with E-state index in [2.05, 4.69) is 6.07 Å². The van der Waals surface area contributed by atoms with E-state index in [9.17, 15) is 10.1 Å². The summed E-state index contributed by atoms with van der Waals surface area (Å²) in [6, 6.07) is 21.8. The average Bonchev–Trinajstić information content (AvgIpc) is 3.22. The third kappa shape index (κ3) is 4.45. The van der Waals surface area contributed by atoms with Gasteiger partial charge in [0.25, 0.3) is 5.91 Å². The van der Waals surface area contributed by atoms with Gasteiger partial charge in [-0.05, 0) is 36.6 Å². The molecule has 2 saturated heterocycles. The van der Waals surface area contributed by atoms with Crippen molar-refractivity contribution in [3.8, 4) is 34.2 Å². The lowest BCUT2D eigenvalue weighted by atomic mass is 9.99. The van der Waals surface area contributed by atoms with Crippen LogP contribution in [0.25, 0.3) is 22.4 Å². The molecule has 2 aliphatic heterocycles. The van der Waals surface area contributed by atoms with Crippen molar-refractivity contribution in [2.75, 3.05) is 20.3 Å². The van der Waals surface area contributed by atoms with Crippen LogP contribution in [0.2, 0.25) is 0 Å². The van der Waals surface area contributed by atoms with E-state index in [1.807, 2.05) is 65.6 Å². The first-order valence-corrected chi connectivity index (χ1v) is 11.8. The van der Waals surface area contributed by atoms with Crippen molar-refractivity contribution in [1.29, 1.82) is 5.26 Å². The molecule has 0 bridgehead atoms. The molecule has 3 aromatic rings. The number of nitriles is 1. The Balaban J connectivity index is 1.52. The van der Waals surface area contributed by atoms with E-state index in [-0.39, 0.29) is 17.4 Å². The molecule has 0 aliphatic carbocycles. The minimum absolute atomic E-state index is 0.0669. The smallest absolute Gasteiger partial charge is 0.257 e. The number of pyridine rings is 1. The van der Waals surface area contributed by atoms with Gasteiger partial charge in [0, 0.05) is 24.3 Å². The third-order valence-electron chi connectivity index (χ3n) is 5.93. The molecular formula is C26H23N3O3S. The summed E-state index contributed by atoms with van der Waals surface area (Å²) in [5, 5.41) is 10.3. The minimum Gasteiger partial charge on any atom is -0.497 e. The first kappa shape index (κ1) is 21.5. The molecule has 2 atom stereocenters. The van der Waals surface area contributed by atoms with E-state index >= 15 is 0 Å². The summed E-state index contributed by atoms with van der Waals surface area (Å²) in [4.78, 5) is 19.1. The van der Waals surface area contributed by atoms with Crippen LogP contribution in [0.3, 0.4) is 0 Å². The van der Waals surface area contributed by atoms with Crippen molar-refractivity contribution in [3.05, 3.63) is 66.2 Å². The number of aromatic nitrogens is 1. The maximum atomic E-state index is 12.5. The molecular weight excluding hydrogens is 434 g/mol. The summed E-state index contributed by atoms with van der Waals surface area (Å²) in [7, 11) is 1.62. The van der Waals surface area contributed by atoms with Crippen molar-refractivity contribution in [2.24, 2.45) is 0 Å². The van der Waals surface area contributed by atoms with Gasteiger partial charge >= 0.3 is 0 Å². The molecule has 2 fully saturated rings. The van der Waals surface area contributed by atoms with E-state index in [0.29, 0.717) is 17.1 Å². The zero-order chi connectivity index (χ0) is 22.8. The van der Waals surface area contributed by atoms with Gasteiger partial charge < -0.3 is 14.4 Å². The second-order valence-electron chi connectivity index (χ2n) is 8.04. The van der Waals surface area contributed by atoms with E-state index < -0.39 is 0 Å². The molecule has 0 saturated carbocycles. The fourth-order valence-electron chi connectivity index (χ4n) is 4.08. The van der Waals surface area contributed by atoms with Crippen LogP contribution in [0.1, 0.15) is 18.4 Å². The topological polar surface area (TPSA) is 75.2 Å². The fraction of sp³-hybridized carbons (Fsp3) is 0.269. The van der Waals surface area contributed by atoms with Gasteiger partial charge in [0.15, 0.2) is 5.37 Å². The summed E-state index contributed by atoms with van der Waals surface area (Å²) in [5.41, 5.74) is 3.88. The summed E-state index contributed by atoms with van der Waals surface area (Å²) in [6.07, 6.45) is 2.12. The standard InChI is InChI=1S/C26H23N3O3S/c1-31-19-11-9-17(10-12-19)21-14-23(18-6-3-2-4-7-18)28-24(22(21)15-27)33-26-25(30)29(26)16-20-8-5-13-32-20/h2-4,6-7,9-12,14,20,26H,5,8,13,16H2,1H3/t20?,26-,29?/m0/s1. The number of rotatable bonds is 7. The summed E-state index contributed by atoms with van der Waals surface area (Å²) >= 11 is 1.35. The number of carbonyl (C=O) groups excluding carboxylic acids is 1. The largest absolute Gasteiger partial charge is 0.497 e. The highest BCUT2D eigenvalue weighted by atomic mass is 32.2. The summed E-state index contributed by atoms with van der Waals surface area (Å²) in [6.45, 7) is 1.36. The molecule has 6 nitrogen and oxygen atoms in total. The molecule has 166 valence electrons. The predicted octanol–water partition coefficient (Wildman–Crippen LogP) is 4.74. The molecule has 33 heavy (non-hydrogen) atoms. The van der Waals surface area contributed by atoms with Crippen LogP contribution in [0.5, 0.6) is 5.75 Å². The Morgan fingerprint density at radius 3 is 2.64 bits per heavy atom. The quantitative estimate of drug-likeness (QED) is 0.477. The lowest BCUT2D eigenvalue weighted by Gasteiger charge is -2.13. The number of thioether (sulfide) groups is 1. The Morgan fingerprint density at radius 2 is 1.97 bits per heavy atom. The predicted molar refractivity (Wildman–Crippen MR) is 127 cm³/mol. The number of hydrogen-bond acceptors (Lipinski definition) is 6. The maximum absolute atomic E-state index is 12.5. The van der Waals surface area contributed by atoms with Crippen molar-refractivity contribution >= 4 is 17.7 Å². The Bertz CT molecular complexity index is 1200. The van der Waals surface area contributed by atoms with Crippen molar-refractivity contribution < 1.29 is 14.3 Å². The monoisotopic (exact) mass is 457 g/mol. The molecule has 2 aromatic carbocycles. The molecule has 0 N–H and O–H groups in total. The normalized spacial score (nSPS) is 19.4. The molecule has 0 spiro atoms. The Morgan fingerprint density at radius 1 is 1.18 bits per heavy atom. The van der Waals surface area contributed by atoms with Crippen LogP contribution in [-0.2, 0) is 9.53 Å². The fourth-order valence-corrected chi connectivity index (χ4v) is 5.21. The van der Waals surface area contributed by atoms with Crippen molar-refractivity contribution in [2.45, 2.75) is 29.3 Å². The zero-order valence-corrected chi connectivity index (χ0v) is 19.0. The van der Waals surface area contributed by atoms with Gasteiger partial charge in [-0.2, -0.15) is 5.26 Å². The van der Waals surface area contributed by atoms with E-state index in [1.165, 1.54) is 11.8 Å². The third-order valence-corrected chi connectivity index (χ3v) is 7.12. The first-order valence-electron chi connectivity index (χ1n) is 10.9. The molecule has 2 aliphatic rings. The molecule has 1 unspecified atom stereocenters. The molecule has 0 radical (unpaired) electrons. The van der Waals surface area contributed by atoms with Crippen LogP contribution in [0.4, 0.5) is 0 Å². The van der Waals surface area contributed by atoms with E-state index in [1.54, 1.807) is 7.11 Å². The summed E-state index contributed by atoms with van der Waals surface area (Å²) < 4.78 is 11.0. The van der Waals surface area contributed by atoms with Gasteiger partial charge in [0.1, 0.15) is 16.8 Å². The zero-order valence-electron chi connectivity index (χ0n) is 18.2. The van der Waals surface area contributed by atoms with Gasteiger partial charge in [-0.3, -0.25) is 4.79 Å².